The first-order valence-corrected chi connectivity index (χ1v) is 12.1. The van der Waals surface area contributed by atoms with Crippen molar-refractivity contribution in [2.45, 2.75) is 62.5 Å². The van der Waals surface area contributed by atoms with Crippen molar-refractivity contribution in [3.05, 3.63) is 48.5 Å². The molecule has 2 aromatic rings. The summed E-state index contributed by atoms with van der Waals surface area (Å²) in [5.74, 6) is -0.0200. The Morgan fingerprint density at radius 2 is 1.56 bits per heavy atom. The molecule has 32 heavy (non-hydrogen) atoms. The molecule has 0 radical (unpaired) electrons. The van der Waals surface area contributed by atoms with Crippen molar-refractivity contribution in [1.29, 1.82) is 0 Å². The number of hydrogen-bond donors (Lipinski definition) is 3. The minimum absolute atomic E-state index is 0.0820. The Bertz CT molecular complexity index is 940. The zero-order valence-corrected chi connectivity index (χ0v) is 19.5. The third kappa shape index (κ3) is 7.12. The van der Waals surface area contributed by atoms with Gasteiger partial charge in [-0.15, -0.1) is 11.8 Å². The highest BCUT2D eigenvalue weighted by atomic mass is 32.2. The van der Waals surface area contributed by atoms with Gasteiger partial charge in [-0.25, -0.2) is 0 Å². The van der Waals surface area contributed by atoms with Gasteiger partial charge in [0.1, 0.15) is 0 Å². The van der Waals surface area contributed by atoms with Crippen molar-refractivity contribution in [2.24, 2.45) is 5.92 Å². The molecule has 3 rings (SSSR count). The Hall–Kier alpha value is -2.80. The Morgan fingerprint density at radius 1 is 0.906 bits per heavy atom. The summed E-state index contributed by atoms with van der Waals surface area (Å²) < 4.78 is 0. The van der Waals surface area contributed by atoms with Gasteiger partial charge in [-0.3, -0.25) is 14.4 Å². The quantitative estimate of drug-likeness (QED) is 0.449. The molecule has 7 heteroatoms. The summed E-state index contributed by atoms with van der Waals surface area (Å²) in [6.45, 7) is 3.43. The van der Waals surface area contributed by atoms with E-state index in [1.54, 1.807) is 24.3 Å². The van der Waals surface area contributed by atoms with E-state index in [4.69, 9.17) is 0 Å². The van der Waals surface area contributed by atoms with Gasteiger partial charge in [0.15, 0.2) is 0 Å². The maximum absolute atomic E-state index is 12.8. The number of rotatable bonds is 8. The minimum atomic E-state index is -0.269. The molecule has 0 spiro atoms. The topological polar surface area (TPSA) is 87.3 Å². The molecule has 0 aromatic heterocycles. The van der Waals surface area contributed by atoms with E-state index < -0.39 is 0 Å². The van der Waals surface area contributed by atoms with Crippen LogP contribution in [0.5, 0.6) is 0 Å². The third-order valence-corrected chi connectivity index (χ3v) is 6.85. The van der Waals surface area contributed by atoms with E-state index in [2.05, 4.69) is 16.0 Å². The van der Waals surface area contributed by atoms with Crippen LogP contribution >= 0.6 is 11.8 Å². The number of amides is 3. The highest BCUT2D eigenvalue weighted by molar-refractivity contribution is 8.00. The van der Waals surface area contributed by atoms with E-state index in [1.165, 1.54) is 25.1 Å². The molecular weight excluding hydrogens is 422 g/mol. The SMILES string of the molecule is CCC(Sc1cccc(NC(=O)C2CCCCC2)c1)C(=O)Nc1ccc(NC(C)=O)cc1. The fourth-order valence-electron chi connectivity index (χ4n) is 3.81. The second kappa shape index (κ2) is 11.7. The highest BCUT2D eigenvalue weighted by Gasteiger charge is 2.22. The van der Waals surface area contributed by atoms with Crippen LogP contribution < -0.4 is 16.0 Å². The van der Waals surface area contributed by atoms with E-state index in [0.29, 0.717) is 17.8 Å². The van der Waals surface area contributed by atoms with Crippen LogP contribution in [0.4, 0.5) is 17.1 Å². The van der Waals surface area contributed by atoms with Gasteiger partial charge in [-0.05, 0) is 61.7 Å². The van der Waals surface area contributed by atoms with Crippen LogP contribution in [0.2, 0.25) is 0 Å². The second-order valence-electron chi connectivity index (χ2n) is 8.11. The number of nitrogens with one attached hydrogen (secondary N) is 3. The average molecular weight is 454 g/mol. The molecule has 1 unspecified atom stereocenters. The first kappa shape index (κ1) is 23.9. The van der Waals surface area contributed by atoms with E-state index in [1.807, 2.05) is 31.2 Å². The third-order valence-electron chi connectivity index (χ3n) is 5.49. The summed E-state index contributed by atoms with van der Waals surface area (Å²) in [6.07, 6.45) is 6.05. The van der Waals surface area contributed by atoms with E-state index in [-0.39, 0.29) is 28.9 Å². The molecule has 0 aliphatic heterocycles. The molecule has 1 fully saturated rings. The molecule has 0 bridgehead atoms. The van der Waals surface area contributed by atoms with Crippen molar-refractivity contribution < 1.29 is 14.4 Å². The number of anilines is 3. The first-order chi connectivity index (χ1) is 15.4. The smallest absolute Gasteiger partial charge is 0.237 e. The van der Waals surface area contributed by atoms with Crippen molar-refractivity contribution in [3.63, 3.8) is 0 Å². The highest BCUT2D eigenvalue weighted by Crippen LogP contribution is 2.30. The minimum Gasteiger partial charge on any atom is -0.326 e. The van der Waals surface area contributed by atoms with Gasteiger partial charge in [0.2, 0.25) is 17.7 Å². The van der Waals surface area contributed by atoms with Gasteiger partial charge in [0.05, 0.1) is 5.25 Å². The second-order valence-corrected chi connectivity index (χ2v) is 9.39. The average Bonchev–Trinajstić information content (AvgIpc) is 2.79. The Kier molecular flexibility index (Phi) is 8.73. The van der Waals surface area contributed by atoms with Crippen LogP contribution in [0.3, 0.4) is 0 Å². The molecule has 3 N–H and O–H groups in total. The van der Waals surface area contributed by atoms with Gasteiger partial charge >= 0.3 is 0 Å². The zero-order chi connectivity index (χ0) is 22.9. The summed E-state index contributed by atoms with van der Waals surface area (Å²) >= 11 is 1.48. The molecule has 3 amide bonds. The molecule has 0 heterocycles. The number of thioether (sulfide) groups is 1. The molecule has 1 aliphatic rings. The van der Waals surface area contributed by atoms with Crippen molar-refractivity contribution in [3.8, 4) is 0 Å². The molecule has 0 saturated heterocycles. The van der Waals surface area contributed by atoms with E-state index >= 15 is 0 Å². The largest absolute Gasteiger partial charge is 0.326 e. The van der Waals surface area contributed by atoms with E-state index in [9.17, 15) is 14.4 Å². The molecule has 6 nitrogen and oxygen atoms in total. The van der Waals surface area contributed by atoms with Gasteiger partial charge < -0.3 is 16.0 Å². The number of carbonyl (C=O) groups excluding carboxylic acids is 3. The fraction of sp³-hybridized carbons (Fsp3) is 0.400. The normalized spacial score (nSPS) is 14.9. The van der Waals surface area contributed by atoms with Crippen molar-refractivity contribution >= 4 is 46.5 Å². The monoisotopic (exact) mass is 453 g/mol. The van der Waals surface area contributed by atoms with Crippen LogP contribution in [0.1, 0.15) is 52.4 Å². The summed E-state index contributed by atoms with van der Waals surface area (Å²) in [4.78, 5) is 37.4. The maximum Gasteiger partial charge on any atom is 0.237 e. The lowest BCUT2D eigenvalue weighted by Gasteiger charge is -2.21. The maximum atomic E-state index is 12.8. The van der Waals surface area contributed by atoms with Gasteiger partial charge in [0.25, 0.3) is 0 Å². The zero-order valence-electron chi connectivity index (χ0n) is 18.6. The Morgan fingerprint density at radius 3 is 2.19 bits per heavy atom. The molecule has 170 valence electrons. The molecule has 1 atom stereocenters. The lowest BCUT2D eigenvalue weighted by Crippen LogP contribution is -2.25. The summed E-state index contributed by atoms with van der Waals surface area (Å²) in [7, 11) is 0. The molecular formula is C25H31N3O3S. The fourth-order valence-corrected chi connectivity index (χ4v) is 4.82. The molecule has 2 aromatic carbocycles. The number of carbonyl (C=O) groups is 3. The van der Waals surface area contributed by atoms with Crippen molar-refractivity contribution in [1.82, 2.24) is 0 Å². The summed E-state index contributed by atoms with van der Waals surface area (Å²) in [5.41, 5.74) is 2.13. The standard InChI is InChI=1S/C25H31N3O3S/c1-3-23(25(31)27-20-14-12-19(13-15-20)26-17(2)29)32-22-11-7-10-21(16-22)28-24(30)18-8-5-4-6-9-18/h7,10-16,18,23H,3-6,8-9H2,1-2H3,(H,26,29)(H,27,31)(H,28,30). The molecule has 1 saturated carbocycles. The van der Waals surface area contributed by atoms with E-state index in [0.717, 1.165) is 36.3 Å². The Labute approximate surface area is 193 Å². The predicted molar refractivity (Wildman–Crippen MR) is 131 cm³/mol. The lowest BCUT2D eigenvalue weighted by atomic mass is 9.88. The van der Waals surface area contributed by atoms with Crippen LogP contribution in [-0.2, 0) is 14.4 Å². The van der Waals surface area contributed by atoms with Crippen LogP contribution in [0, 0.1) is 5.92 Å². The lowest BCUT2D eigenvalue weighted by molar-refractivity contribution is -0.120. The van der Waals surface area contributed by atoms with Crippen LogP contribution in [0.15, 0.2) is 53.4 Å². The number of benzene rings is 2. The molecule has 1 aliphatic carbocycles. The number of hydrogen-bond acceptors (Lipinski definition) is 4. The predicted octanol–water partition coefficient (Wildman–Crippen LogP) is 5.67. The van der Waals surface area contributed by atoms with Gasteiger partial charge in [-0.1, -0.05) is 32.3 Å². The first-order valence-electron chi connectivity index (χ1n) is 11.2. The van der Waals surface area contributed by atoms with Gasteiger partial charge in [-0.2, -0.15) is 0 Å². The van der Waals surface area contributed by atoms with Crippen LogP contribution in [0.25, 0.3) is 0 Å². The summed E-state index contributed by atoms with van der Waals surface area (Å²) in [5, 5.41) is 8.43. The van der Waals surface area contributed by atoms with Gasteiger partial charge in [0, 0.05) is 34.8 Å². The van der Waals surface area contributed by atoms with Crippen LogP contribution in [-0.4, -0.2) is 23.0 Å². The van der Waals surface area contributed by atoms with Crippen molar-refractivity contribution in [2.75, 3.05) is 16.0 Å². The summed E-state index contributed by atoms with van der Waals surface area (Å²) in [6, 6.07) is 14.7. The Balaban J connectivity index is 1.58.